The molecule has 2 heterocycles. The molecule has 0 bridgehead atoms. The Hall–Kier alpha value is -3.34. The highest BCUT2D eigenvalue weighted by Crippen LogP contribution is 2.30. The van der Waals surface area contributed by atoms with E-state index in [0.717, 1.165) is 30.1 Å². The van der Waals surface area contributed by atoms with Crippen LogP contribution in [0.5, 0.6) is 5.88 Å². The normalized spacial score (nSPS) is 16.6. The van der Waals surface area contributed by atoms with Crippen molar-refractivity contribution in [3.63, 3.8) is 0 Å². The van der Waals surface area contributed by atoms with Crippen LogP contribution in [0.1, 0.15) is 36.5 Å². The maximum Gasteiger partial charge on any atom is 0.416 e. The third kappa shape index (κ3) is 5.88. The number of hydrazone groups is 1. The number of hydrazine groups is 2. The van der Waals surface area contributed by atoms with Crippen molar-refractivity contribution in [2.45, 2.75) is 32.5 Å². The molecule has 0 saturated heterocycles. The summed E-state index contributed by atoms with van der Waals surface area (Å²) in [6.07, 6.45) is -0.259. The monoisotopic (exact) mass is 448 g/mol. The number of hydrogen-bond donors (Lipinski definition) is 2. The van der Waals surface area contributed by atoms with E-state index in [0.29, 0.717) is 23.1 Å². The average Bonchev–Trinajstić information content (AvgIpc) is 3.49. The number of ether oxygens (including phenoxy) is 1. The topological polar surface area (TPSA) is 83.4 Å². The molecule has 4 rings (SSSR count). The molecule has 8 nitrogen and oxygen atoms in total. The first kappa shape index (κ1) is 21.9. The first-order valence-electron chi connectivity index (χ1n) is 10.1. The van der Waals surface area contributed by atoms with Crippen molar-refractivity contribution in [1.82, 2.24) is 21.1 Å². The third-order valence-corrected chi connectivity index (χ3v) is 5.04. The van der Waals surface area contributed by atoms with E-state index in [1.165, 1.54) is 25.0 Å². The van der Waals surface area contributed by atoms with Gasteiger partial charge in [-0.15, -0.1) is 10.6 Å². The van der Waals surface area contributed by atoms with Gasteiger partial charge >= 0.3 is 6.18 Å². The lowest BCUT2D eigenvalue weighted by Gasteiger charge is -2.18. The Morgan fingerprint density at radius 1 is 1.16 bits per heavy atom. The lowest BCUT2D eigenvalue weighted by atomic mass is 10.1. The Morgan fingerprint density at radius 3 is 2.59 bits per heavy atom. The number of nitrogens with zero attached hydrogens (tertiary/aromatic N) is 4. The summed E-state index contributed by atoms with van der Waals surface area (Å²) >= 11 is 0. The molecule has 1 aliphatic carbocycles. The predicted molar refractivity (Wildman–Crippen MR) is 111 cm³/mol. The molecule has 0 radical (unpaired) electrons. The van der Waals surface area contributed by atoms with Crippen molar-refractivity contribution in [2.24, 2.45) is 16.2 Å². The highest BCUT2D eigenvalue weighted by atomic mass is 19.4. The molecular weight excluding hydrogens is 425 g/mol. The number of rotatable bonds is 9. The van der Waals surface area contributed by atoms with Crippen molar-refractivity contribution in [3.05, 3.63) is 59.3 Å². The van der Waals surface area contributed by atoms with Crippen LogP contribution in [0.3, 0.4) is 0 Å². The molecule has 2 aromatic rings. The van der Waals surface area contributed by atoms with E-state index in [2.05, 4.69) is 26.3 Å². The van der Waals surface area contributed by atoms with Gasteiger partial charge < -0.3 is 9.57 Å². The molecule has 0 unspecified atom stereocenters. The molecule has 170 valence electrons. The second-order valence-electron chi connectivity index (χ2n) is 7.62. The Bertz CT molecular complexity index is 973. The fourth-order valence-electron chi connectivity index (χ4n) is 2.96. The van der Waals surface area contributed by atoms with Gasteiger partial charge in [0.1, 0.15) is 6.61 Å². The number of oxime groups is 1. The molecule has 1 aromatic heterocycles. The first-order chi connectivity index (χ1) is 15.4. The largest absolute Gasteiger partial charge is 0.469 e. The summed E-state index contributed by atoms with van der Waals surface area (Å²) in [6.45, 7) is 2.99. The van der Waals surface area contributed by atoms with Gasteiger partial charge in [0, 0.05) is 24.4 Å². The number of amidine groups is 1. The molecule has 0 amide bonds. The third-order valence-electron chi connectivity index (χ3n) is 5.04. The summed E-state index contributed by atoms with van der Waals surface area (Å²) in [5.41, 5.74) is 6.93. The SMILES string of the molecule is CC(=NOCc1ccc(C(F)(F)F)cc1)c1ccc(OCC2=NNNN2CC2CC2)nc1. The van der Waals surface area contributed by atoms with Gasteiger partial charge in [0.25, 0.3) is 0 Å². The molecule has 1 aliphatic heterocycles. The summed E-state index contributed by atoms with van der Waals surface area (Å²) in [4.78, 5) is 9.55. The molecule has 1 saturated carbocycles. The minimum absolute atomic E-state index is 0.0612. The molecule has 1 aromatic carbocycles. The van der Waals surface area contributed by atoms with Gasteiger partial charge in [0.15, 0.2) is 12.4 Å². The van der Waals surface area contributed by atoms with Gasteiger partial charge in [-0.1, -0.05) is 17.3 Å². The second kappa shape index (κ2) is 9.43. The zero-order chi connectivity index (χ0) is 22.6. The minimum Gasteiger partial charge on any atom is -0.469 e. The van der Waals surface area contributed by atoms with Gasteiger partial charge in [-0.05, 0) is 49.4 Å². The van der Waals surface area contributed by atoms with E-state index in [1.807, 2.05) is 5.01 Å². The van der Waals surface area contributed by atoms with Crippen molar-refractivity contribution >= 4 is 11.5 Å². The zero-order valence-corrected chi connectivity index (χ0v) is 17.4. The zero-order valence-electron chi connectivity index (χ0n) is 17.4. The maximum absolute atomic E-state index is 12.6. The first-order valence-corrected chi connectivity index (χ1v) is 10.1. The summed E-state index contributed by atoms with van der Waals surface area (Å²) in [7, 11) is 0. The number of halogens is 3. The number of alkyl halides is 3. The van der Waals surface area contributed by atoms with Crippen LogP contribution >= 0.6 is 0 Å². The number of aromatic nitrogens is 1. The Kier molecular flexibility index (Phi) is 6.45. The van der Waals surface area contributed by atoms with E-state index in [-0.39, 0.29) is 13.2 Å². The van der Waals surface area contributed by atoms with Gasteiger partial charge in [0.05, 0.1) is 11.3 Å². The fourth-order valence-corrected chi connectivity index (χ4v) is 2.96. The van der Waals surface area contributed by atoms with Gasteiger partial charge in [0.2, 0.25) is 5.88 Å². The van der Waals surface area contributed by atoms with Crippen molar-refractivity contribution in [2.75, 3.05) is 13.2 Å². The van der Waals surface area contributed by atoms with Crippen LogP contribution in [0, 0.1) is 5.92 Å². The summed E-state index contributed by atoms with van der Waals surface area (Å²) in [5, 5.41) is 10.1. The van der Waals surface area contributed by atoms with E-state index in [9.17, 15) is 13.2 Å². The molecule has 32 heavy (non-hydrogen) atoms. The van der Waals surface area contributed by atoms with Crippen molar-refractivity contribution < 1.29 is 22.7 Å². The van der Waals surface area contributed by atoms with Gasteiger partial charge in [-0.3, -0.25) is 5.01 Å². The van der Waals surface area contributed by atoms with Crippen molar-refractivity contribution in [1.29, 1.82) is 0 Å². The smallest absolute Gasteiger partial charge is 0.416 e. The predicted octanol–water partition coefficient (Wildman–Crippen LogP) is 3.47. The Labute approximate surface area is 183 Å². The number of pyridine rings is 1. The standard InChI is InChI=1S/C21H23F3N6O2/c1-14(27-32-12-16-4-7-18(8-5-16)21(22,23)24)17-6-9-20(25-10-17)31-13-19-26-28-29-30(19)11-15-2-3-15/h4-10,15,28-29H,2-3,11-13H2,1H3. The average molecular weight is 448 g/mol. The second-order valence-corrected chi connectivity index (χ2v) is 7.62. The van der Waals surface area contributed by atoms with Crippen LogP contribution in [0.15, 0.2) is 52.9 Å². The summed E-state index contributed by atoms with van der Waals surface area (Å²) < 4.78 is 43.5. The summed E-state index contributed by atoms with van der Waals surface area (Å²) in [5.74, 6) is 1.92. The van der Waals surface area contributed by atoms with Crippen LogP contribution in [0.25, 0.3) is 0 Å². The molecule has 2 N–H and O–H groups in total. The minimum atomic E-state index is -4.36. The lowest BCUT2D eigenvalue weighted by Crippen LogP contribution is -2.43. The van der Waals surface area contributed by atoms with Crippen LogP contribution in [0.4, 0.5) is 13.2 Å². The van der Waals surface area contributed by atoms with Crippen molar-refractivity contribution in [3.8, 4) is 5.88 Å². The van der Waals surface area contributed by atoms with E-state index in [1.54, 1.807) is 25.3 Å². The fraction of sp³-hybridized carbons (Fsp3) is 0.381. The van der Waals surface area contributed by atoms with Crippen LogP contribution < -0.4 is 15.8 Å². The molecule has 0 atom stereocenters. The molecular formula is C21H23F3N6O2. The Morgan fingerprint density at radius 2 is 1.94 bits per heavy atom. The highest BCUT2D eigenvalue weighted by molar-refractivity contribution is 5.98. The van der Waals surface area contributed by atoms with E-state index >= 15 is 0 Å². The maximum atomic E-state index is 12.6. The van der Waals surface area contributed by atoms with Gasteiger partial charge in [-0.2, -0.15) is 13.2 Å². The van der Waals surface area contributed by atoms with Crippen LogP contribution in [0.2, 0.25) is 0 Å². The van der Waals surface area contributed by atoms with Gasteiger partial charge in [-0.25, -0.2) is 10.5 Å². The molecule has 1 fully saturated rings. The molecule has 2 aliphatic rings. The van der Waals surface area contributed by atoms with E-state index < -0.39 is 11.7 Å². The highest BCUT2D eigenvalue weighted by Gasteiger charge is 2.30. The number of hydrogen-bond acceptors (Lipinski definition) is 8. The Balaban J connectivity index is 1.25. The molecule has 0 spiro atoms. The quantitative estimate of drug-likeness (QED) is 0.452. The summed E-state index contributed by atoms with van der Waals surface area (Å²) in [6, 6.07) is 8.31. The molecule has 11 heteroatoms. The number of benzene rings is 1. The van der Waals surface area contributed by atoms with E-state index in [4.69, 9.17) is 9.57 Å². The van der Waals surface area contributed by atoms with Crippen LogP contribution in [-0.2, 0) is 17.6 Å². The lowest BCUT2D eigenvalue weighted by molar-refractivity contribution is -0.137. The number of nitrogens with one attached hydrogen (secondary N) is 2. The van der Waals surface area contributed by atoms with Crippen LogP contribution in [-0.4, -0.2) is 34.7 Å².